The summed E-state index contributed by atoms with van der Waals surface area (Å²) in [5, 5.41) is 5.49. The van der Waals surface area contributed by atoms with E-state index in [1.807, 2.05) is 61.5 Å². The summed E-state index contributed by atoms with van der Waals surface area (Å²) < 4.78 is 0. The molecule has 3 heteroatoms. The Labute approximate surface area is 141 Å². The first kappa shape index (κ1) is 15.6. The number of carbonyl (C=O) groups excluding carboxylic acids is 1. The number of nitrogens with one attached hydrogen (secondary N) is 1. The Balaban J connectivity index is 2.04. The van der Waals surface area contributed by atoms with E-state index in [0.29, 0.717) is 10.6 Å². The standard InChI is InChI=1S/C20H18ClNO/c1-3-14-8-4-7-13(2)19(14)22-20(23)17-11-5-10-16-15(17)9-6-12-18(16)21/h4-12H,3H2,1-2H3,(H,22,23). The fourth-order valence-corrected chi connectivity index (χ4v) is 3.09. The molecule has 1 N–H and O–H groups in total. The smallest absolute Gasteiger partial charge is 0.256 e. The maximum atomic E-state index is 12.8. The average molecular weight is 324 g/mol. The maximum Gasteiger partial charge on any atom is 0.256 e. The van der Waals surface area contributed by atoms with Crippen LogP contribution in [0.15, 0.2) is 54.6 Å². The molecule has 0 aliphatic carbocycles. The molecule has 0 heterocycles. The number of fused-ring (bicyclic) bond motifs is 1. The molecule has 0 aromatic heterocycles. The van der Waals surface area contributed by atoms with Crippen molar-refractivity contribution < 1.29 is 4.79 Å². The first-order valence-electron chi connectivity index (χ1n) is 7.69. The zero-order valence-corrected chi connectivity index (χ0v) is 13.9. The molecular formula is C20H18ClNO. The number of anilines is 1. The zero-order valence-electron chi connectivity index (χ0n) is 13.2. The van der Waals surface area contributed by atoms with Gasteiger partial charge in [-0.25, -0.2) is 0 Å². The van der Waals surface area contributed by atoms with Crippen LogP contribution in [-0.2, 0) is 6.42 Å². The van der Waals surface area contributed by atoms with Gasteiger partial charge in [0, 0.05) is 21.7 Å². The predicted molar refractivity (Wildman–Crippen MR) is 97.5 cm³/mol. The molecular weight excluding hydrogens is 306 g/mol. The molecule has 2 nitrogen and oxygen atoms in total. The summed E-state index contributed by atoms with van der Waals surface area (Å²) in [6, 6.07) is 17.3. The number of halogens is 1. The lowest BCUT2D eigenvalue weighted by Gasteiger charge is -2.14. The molecule has 116 valence electrons. The second-order valence-corrected chi connectivity index (χ2v) is 5.96. The van der Waals surface area contributed by atoms with Crippen molar-refractivity contribution in [2.75, 3.05) is 5.32 Å². The van der Waals surface area contributed by atoms with E-state index in [-0.39, 0.29) is 5.91 Å². The Kier molecular flexibility index (Phi) is 4.35. The van der Waals surface area contributed by atoms with Crippen LogP contribution < -0.4 is 5.32 Å². The molecule has 3 aromatic carbocycles. The van der Waals surface area contributed by atoms with Gasteiger partial charge in [0.25, 0.3) is 5.91 Å². The Bertz CT molecular complexity index is 886. The summed E-state index contributed by atoms with van der Waals surface area (Å²) in [7, 11) is 0. The van der Waals surface area contributed by atoms with Gasteiger partial charge < -0.3 is 5.32 Å². The van der Waals surface area contributed by atoms with Crippen LogP contribution in [0.5, 0.6) is 0 Å². The van der Waals surface area contributed by atoms with Gasteiger partial charge in [-0.05, 0) is 42.0 Å². The first-order valence-corrected chi connectivity index (χ1v) is 8.06. The van der Waals surface area contributed by atoms with Crippen molar-refractivity contribution in [3.63, 3.8) is 0 Å². The fourth-order valence-electron chi connectivity index (χ4n) is 2.85. The lowest BCUT2D eigenvalue weighted by Crippen LogP contribution is -2.14. The van der Waals surface area contributed by atoms with Crippen LogP contribution >= 0.6 is 11.6 Å². The zero-order chi connectivity index (χ0) is 16.4. The van der Waals surface area contributed by atoms with Crippen LogP contribution in [0.4, 0.5) is 5.69 Å². The van der Waals surface area contributed by atoms with E-state index in [2.05, 4.69) is 12.2 Å². The van der Waals surface area contributed by atoms with Gasteiger partial charge in [-0.2, -0.15) is 0 Å². The number of rotatable bonds is 3. The van der Waals surface area contributed by atoms with Gasteiger partial charge in [-0.15, -0.1) is 0 Å². The SMILES string of the molecule is CCc1cccc(C)c1NC(=O)c1cccc2c(Cl)cccc12. The minimum atomic E-state index is -0.109. The molecule has 0 unspecified atom stereocenters. The maximum absolute atomic E-state index is 12.8. The Morgan fingerprint density at radius 2 is 1.70 bits per heavy atom. The number of hydrogen-bond donors (Lipinski definition) is 1. The van der Waals surface area contributed by atoms with E-state index in [4.69, 9.17) is 11.6 Å². The lowest BCUT2D eigenvalue weighted by atomic mass is 10.0. The van der Waals surface area contributed by atoms with Crippen molar-refractivity contribution in [3.05, 3.63) is 76.3 Å². The molecule has 0 bridgehead atoms. The summed E-state index contributed by atoms with van der Waals surface area (Å²) in [5.74, 6) is -0.109. The van der Waals surface area contributed by atoms with Crippen molar-refractivity contribution in [3.8, 4) is 0 Å². The molecule has 1 amide bonds. The highest BCUT2D eigenvalue weighted by Gasteiger charge is 2.14. The largest absolute Gasteiger partial charge is 0.321 e. The lowest BCUT2D eigenvalue weighted by molar-refractivity contribution is 0.102. The summed E-state index contributed by atoms with van der Waals surface area (Å²) >= 11 is 6.24. The van der Waals surface area contributed by atoms with Gasteiger partial charge in [0.15, 0.2) is 0 Å². The summed E-state index contributed by atoms with van der Waals surface area (Å²) in [6.07, 6.45) is 0.874. The number of aryl methyl sites for hydroxylation is 2. The van der Waals surface area contributed by atoms with Crippen LogP contribution in [0.1, 0.15) is 28.4 Å². The molecule has 0 saturated carbocycles. The molecule has 3 rings (SSSR count). The fraction of sp³-hybridized carbons (Fsp3) is 0.150. The second-order valence-electron chi connectivity index (χ2n) is 5.56. The number of carbonyl (C=O) groups is 1. The van der Waals surface area contributed by atoms with Gasteiger partial charge in [0.2, 0.25) is 0 Å². The molecule has 0 atom stereocenters. The number of amides is 1. The normalized spacial score (nSPS) is 10.7. The van der Waals surface area contributed by atoms with Crippen molar-refractivity contribution in [2.24, 2.45) is 0 Å². The number of hydrogen-bond acceptors (Lipinski definition) is 1. The van der Waals surface area contributed by atoms with Crippen LogP contribution in [0, 0.1) is 6.92 Å². The molecule has 3 aromatic rings. The predicted octanol–water partition coefficient (Wildman–Crippen LogP) is 5.62. The third-order valence-corrected chi connectivity index (χ3v) is 4.42. The molecule has 23 heavy (non-hydrogen) atoms. The molecule has 0 fully saturated rings. The van der Waals surface area contributed by atoms with Gasteiger partial charge in [-0.3, -0.25) is 4.79 Å². The average Bonchev–Trinajstić information content (AvgIpc) is 2.56. The van der Waals surface area contributed by atoms with Crippen LogP contribution in [0.2, 0.25) is 5.02 Å². The van der Waals surface area contributed by atoms with E-state index in [1.54, 1.807) is 0 Å². The molecule has 0 aliphatic rings. The van der Waals surface area contributed by atoms with E-state index < -0.39 is 0 Å². The molecule has 0 radical (unpaired) electrons. The molecule has 0 spiro atoms. The third-order valence-electron chi connectivity index (χ3n) is 4.09. The quantitative estimate of drug-likeness (QED) is 0.666. The van der Waals surface area contributed by atoms with Gasteiger partial charge >= 0.3 is 0 Å². The third kappa shape index (κ3) is 2.95. The minimum Gasteiger partial charge on any atom is -0.321 e. The summed E-state index contributed by atoms with van der Waals surface area (Å²) in [4.78, 5) is 12.8. The highest BCUT2D eigenvalue weighted by Crippen LogP contribution is 2.27. The van der Waals surface area contributed by atoms with E-state index >= 15 is 0 Å². The van der Waals surface area contributed by atoms with Crippen LogP contribution in [-0.4, -0.2) is 5.91 Å². The van der Waals surface area contributed by atoms with E-state index in [0.717, 1.165) is 34.0 Å². The monoisotopic (exact) mass is 323 g/mol. The van der Waals surface area contributed by atoms with Crippen LogP contribution in [0.25, 0.3) is 10.8 Å². The summed E-state index contributed by atoms with van der Waals surface area (Å²) in [5.41, 5.74) is 3.74. The second kappa shape index (κ2) is 6.43. The first-order chi connectivity index (χ1) is 11.1. The Hall–Kier alpha value is -2.32. The van der Waals surface area contributed by atoms with Crippen molar-refractivity contribution in [1.29, 1.82) is 0 Å². The Morgan fingerprint density at radius 3 is 2.48 bits per heavy atom. The van der Waals surface area contributed by atoms with E-state index in [1.165, 1.54) is 0 Å². The van der Waals surface area contributed by atoms with Crippen molar-refractivity contribution >= 4 is 34.0 Å². The summed E-state index contributed by atoms with van der Waals surface area (Å²) in [6.45, 7) is 4.09. The highest BCUT2D eigenvalue weighted by atomic mass is 35.5. The topological polar surface area (TPSA) is 29.1 Å². The van der Waals surface area contributed by atoms with Gasteiger partial charge in [-0.1, -0.05) is 61.0 Å². The van der Waals surface area contributed by atoms with Crippen molar-refractivity contribution in [2.45, 2.75) is 20.3 Å². The highest BCUT2D eigenvalue weighted by molar-refractivity contribution is 6.36. The van der Waals surface area contributed by atoms with Crippen molar-refractivity contribution in [1.82, 2.24) is 0 Å². The van der Waals surface area contributed by atoms with Crippen LogP contribution in [0.3, 0.4) is 0 Å². The minimum absolute atomic E-state index is 0.109. The number of para-hydroxylation sites is 1. The van der Waals surface area contributed by atoms with Gasteiger partial charge in [0.05, 0.1) is 0 Å². The van der Waals surface area contributed by atoms with Gasteiger partial charge in [0.1, 0.15) is 0 Å². The molecule has 0 aliphatic heterocycles. The van der Waals surface area contributed by atoms with E-state index in [9.17, 15) is 4.79 Å². The Morgan fingerprint density at radius 1 is 1.00 bits per heavy atom. The number of benzene rings is 3. The molecule has 0 saturated heterocycles.